The molecule has 1 aromatic carbocycles. The van der Waals surface area contributed by atoms with Gasteiger partial charge in [-0.05, 0) is 19.1 Å². The Labute approximate surface area is 161 Å². The first-order valence-electron chi connectivity index (χ1n) is 8.23. The van der Waals surface area contributed by atoms with Gasteiger partial charge in [-0.3, -0.25) is 4.79 Å². The second-order valence-electron chi connectivity index (χ2n) is 5.97. The Morgan fingerprint density at radius 1 is 1.11 bits per heavy atom. The molecule has 1 saturated heterocycles. The highest BCUT2D eigenvalue weighted by Gasteiger charge is 2.29. The Morgan fingerprint density at radius 2 is 1.74 bits per heavy atom. The van der Waals surface area contributed by atoms with Crippen molar-refractivity contribution in [3.05, 3.63) is 40.9 Å². The molecule has 0 unspecified atom stereocenters. The zero-order chi connectivity index (χ0) is 19.6. The van der Waals surface area contributed by atoms with Crippen molar-refractivity contribution in [3.8, 4) is 0 Å². The van der Waals surface area contributed by atoms with Gasteiger partial charge in [0.05, 0.1) is 18.2 Å². The number of benzene rings is 1. The van der Waals surface area contributed by atoms with Gasteiger partial charge in [0.25, 0.3) is 0 Å². The molecule has 0 saturated carbocycles. The fourth-order valence-electron chi connectivity index (χ4n) is 2.74. The van der Waals surface area contributed by atoms with Crippen molar-refractivity contribution in [1.82, 2.24) is 9.29 Å². The van der Waals surface area contributed by atoms with Crippen LogP contribution >= 0.6 is 11.3 Å². The molecule has 1 aliphatic rings. The number of rotatable bonds is 5. The number of aromatic nitrogens is 1. The maximum absolute atomic E-state index is 12.8. The van der Waals surface area contributed by atoms with Gasteiger partial charge < -0.3 is 9.64 Å². The second kappa shape index (κ2) is 7.75. The smallest absolute Gasteiger partial charge is 0.349 e. The lowest BCUT2D eigenvalue weighted by Crippen LogP contribution is -2.48. The number of Topliss-reactive ketones (excluding diaryl/α,β-unsaturated/α-hetero) is 1. The van der Waals surface area contributed by atoms with Crippen LogP contribution in [0.4, 0.5) is 5.13 Å². The van der Waals surface area contributed by atoms with Gasteiger partial charge >= 0.3 is 5.97 Å². The standard InChI is InChI=1S/C17H19N3O5S2/c1-12(21)13-3-5-14(6-4-13)27(23,24)20-9-7-19(8-10-20)17-18-11-15(26-17)16(22)25-2/h3-6,11H,7-10H2,1-2H3. The summed E-state index contributed by atoms with van der Waals surface area (Å²) < 4.78 is 31.7. The number of hydrogen-bond donors (Lipinski definition) is 0. The van der Waals surface area contributed by atoms with Gasteiger partial charge in [0.2, 0.25) is 10.0 Å². The molecule has 0 aliphatic carbocycles. The van der Waals surface area contributed by atoms with E-state index in [1.54, 1.807) is 0 Å². The normalized spacial score (nSPS) is 15.6. The molecule has 0 spiro atoms. The van der Waals surface area contributed by atoms with E-state index in [9.17, 15) is 18.0 Å². The minimum absolute atomic E-state index is 0.109. The number of esters is 1. The van der Waals surface area contributed by atoms with Gasteiger partial charge in [-0.2, -0.15) is 4.31 Å². The SMILES string of the molecule is COC(=O)c1cnc(N2CCN(S(=O)(=O)c3ccc(C(C)=O)cc3)CC2)s1. The summed E-state index contributed by atoms with van der Waals surface area (Å²) in [4.78, 5) is 29.6. The van der Waals surface area contributed by atoms with E-state index < -0.39 is 16.0 Å². The number of ketones is 1. The predicted molar refractivity (Wildman–Crippen MR) is 101 cm³/mol. The lowest BCUT2D eigenvalue weighted by Gasteiger charge is -2.33. The fraction of sp³-hybridized carbons (Fsp3) is 0.353. The van der Waals surface area contributed by atoms with E-state index >= 15 is 0 Å². The minimum atomic E-state index is -3.62. The van der Waals surface area contributed by atoms with E-state index in [2.05, 4.69) is 9.72 Å². The van der Waals surface area contributed by atoms with Crippen molar-refractivity contribution in [3.63, 3.8) is 0 Å². The van der Waals surface area contributed by atoms with Crippen molar-refractivity contribution in [1.29, 1.82) is 0 Å². The summed E-state index contributed by atoms with van der Waals surface area (Å²) in [6, 6.07) is 5.97. The average molecular weight is 409 g/mol. The third-order valence-electron chi connectivity index (χ3n) is 4.29. The van der Waals surface area contributed by atoms with Gasteiger partial charge in [-0.1, -0.05) is 23.5 Å². The first-order valence-corrected chi connectivity index (χ1v) is 10.5. The van der Waals surface area contributed by atoms with E-state index in [-0.39, 0.29) is 10.7 Å². The minimum Gasteiger partial charge on any atom is -0.465 e. The molecule has 144 valence electrons. The number of hydrogen-bond acceptors (Lipinski definition) is 8. The van der Waals surface area contributed by atoms with Crippen LogP contribution in [-0.4, -0.2) is 62.7 Å². The number of methoxy groups -OCH3 is 1. The van der Waals surface area contributed by atoms with Crippen molar-refractivity contribution in [2.75, 3.05) is 38.2 Å². The van der Waals surface area contributed by atoms with E-state index in [1.807, 2.05) is 4.90 Å². The van der Waals surface area contributed by atoms with Crippen LogP contribution < -0.4 is 4.90 Å². The summed E-state index contributed by atoms with van der Waals surface area (Å²) in [5.41, 5.74) is 0.476. The lowest BCUT2D eigenvalue weighted by molar-refractivity contribution is 0.0606. The fourth-order valence-corrected chi connectivity index (χ4v) is 5.04. The van der Waals surface area contributed by atoms with Crippen LogP contribution in [0.15, 0.2) is 35.4 Å². The zero-order valence-corrected chi connectivity index (χ0v) is 16.5. The van der Waals surface area contributed by atoms with Crippen molar-refractivity contribution in [2.24, 2.45) is 0 Å². The summed E-state index contributed by atoms with van der Waals surface area (Å²) in [6.07, 6.45) is 1.46. The maximum atomic E-state index is 12.8. The maximum Gasteiger partial charge on any atom is 0.349 e. The summed E-state index contributed by atoms with van der Waals surface area (Å²) in [5, 5.41) is 0.665. The molecule has 0 bridgehead atoms. The van der Waals surface area contributed by atoms with Gasteiger partial charge in [0, 0.05) is 31.7 Å². The van der Waals surface area contributed by atoms with Gasteiger partial charge in [-0.15, -0.1) is 0 Å². The molecule has 2 heterocycles. The summed E-state index contributed by atoms with van der Waals surface area (Å²) >= 11 is 1.22. The molecule has 0 atom stereocenters. The number of anilines is 1. The highest BCUT2D eigenvalue weighted by atomic mass is 32.2. The Morgan fingerprint density at radius 3 is 2.30 bits per heavy atom. The Balaban J connectivity index is 1.68. The lowest BCUT2D eigenvalue weighted by atomic mass is 10.2. The van der Waals surface area contributed by atoms with Crippen LogP contribution in [0.3, 0.4) is 0 Å². The molecule has 0 N–H and O–H groups in total. The first kappa shape index (κ1) is 19.5. The zero-order valence-electron chi connectivity index (χ0n) is 14.9. The van der Waals surface area contributed by atoms with Crippen LogP contribution in [-0.2, 0) is 14.8 Å². The van der Waals surface area contributed by atoms with Crippen LogP contribution in [0.2, 0.25) is 0 Å². The van der Waals surface area contributed by atoms with E-state index in [0.29, 0.717) is 41.8 Å². The van der Waals surface area contributed by atoms with Gasteiger partial charge in [0.15, 0.2) is 10.9 Å². The van der Waals surface area contributed by atoms with Gasteiger partial charge in [-0.25, -0.2) is 18.2 Å². The Bertz CT molecular complexity index is 945. The van der Waals surface area contributed by atoms with E-state index in [1.165, 1.54) is 60.1 Å². The molecule has 0 amide bonds. The average Bonchev–Trinajstić information content (AvgIpc) is 3.17. The molecule has 0 radical (unpaired) electrons. The number of sulfonamides is 1. The molecule has 27 heavy (non-hydrogen) atoms. The quantitative estimate of drug-likeness (QED) is 0.547. The number of nitrogens with zero attached hydrogens (tertiary/aromatic N) is 3. The van der Waals surface area contributed by atoms with Crippen molar-refractivity contribution < 1.29 is 22.7 Å². The highest BCUT2D eigenvalue weighted by Crippen LogP contribution is 2.26. The Kier molecular flexibility index (Phi) is 5.59. The van der Waals surface area contributed by atoms with Crippen LogP contribution in [0.25, 0.3) is 0 Å². The molecule has 8 nitrogen and oxygen atoms in total. The molecule has 1 aromatic heterocycles. The monoisotopic (exact) mass is 409 g/mol. The number of carbonyl (C=O) groups is 2. The molecule has 1 fully saturated rings. The second-order valence-corrected chi connectivity index (χ2v) is 8.92. The molecule has 3 rings (SSSR count). The molecule has 2 aromatic rings. The predicted octanol–water partition coefficient (Wildman–Crippen LogP) is 1.64. The topological polar surface area (TPSA) is 96.9 Å². The van der Waals surface area contributed by atoms with Crippen molar-refractivity contribution >= 4 is 38.2 Å². The van der Waals surface area contributed by atoms with Crippen LogP contribution in [0.1, 0.15) is 27.0 Å². The number of thiazole rings is 1. The number of carbonyl (C=O) groups excluding carboxylic acids is 2. The van der Waals surface area contributed by atoms with E-state index in [4.69, 9.17) is 0 Å². The molecular formula is C17H19N3O5S2. The summed E-state index contributed by atoms with van der Waals surface area (Å²) in [5.74, 6) is -0.545. The number of piperazine rings is 1. The van der Waals surface area contributed by atoms with Crippen LogP contribution in [0.5, 0.6) is 0 Å². The Hall–Kier alpha value is -2.30. The highest BCUT2D eigenvalue weighted by molar-refractivity contribution is 7.89. The molecular weight excluding hydrogens is 390 g/mol. The molecule has 10 heteroatoms. The van der Waals surface area contributed by atoms with Crippen molar-refractivity contribution in [2.45, 2.75) is 11.8 Å². The molecule has 1 aliphatic heterocycles. The third-order valence-corrected chi connectivity index (χ3v) is 7.24. The van der Waals surface area contributed by atoms with Crippen LogP contribution in [0, 0.1) is 0 Å². The third kappa shape index (κ3) is 4.02. The number of ether oxygens (including phenoxy) is 1. The summed E-state index contributed by atoms with van der Waals surface area (Å²) in [7, 11) is -2.30. The van der Waals surface area contributed by atoms with E-state index in [0.717, 1.165) is 0 Å². The first-order chi connectivity index (χ1) is 12.8. The summed E-state index contributed by atoms with van der Waals surface area (Å²) in [6.45, 7) is 3.00. The van der Waals surface area contributed by atoms with Gasteiger partial charge in [0.1, 0.15) is 4.88 Å². The largest absolute Gasteiger partial charge is 0.465 e.